The van der Waals surface area contributed by atoms with Crippen LogP contribution >= 0.6 is 0 Å². The lowest BCUT2D eigenvalue weighted by atomic mass is 10.2. The van der Waals surface area contributed by atoms with Gasteiger partial charge in [0.05, 0.1) is 6.26 Å². The summed E-state index contributed by atoms with van der Waals surface area (Å²) in [7, 11) is 0. The van der Waals surface area contributed by atoms with E-state index in [2.05, 4.69) is 20.4 Å². The predicted octanol–water partition coefficient (Wildman–Crippen LogP) is 3.57. The van der Waals surface area contributed by atoms with Gasteiger partial charge in [0, 0.05) is 17.8 Å². The molecule has 0 aliphatic carbocycles. The minimum absolute atomic E-state index is 0.200. The smallest absolute Gasteiger partial charge is 0.266 e. The van der Waals surface area contributed by atoms with E-state index in [9.17, 15) is 9.59 Å². The lowest BCUT2D eigenvalue weighted by molar-refractivity contribution is -0.122. The maximum absolute atomic E-state index is 12.8. The number of hydrogen-bond acceptors (Lipinski definition) is 6. The van der Waals surface area contributed by atoms with Crippen LogP contribution in [-0.4, -0.2) is 31.8 Å². The molecule has 3 aromatic heterocycles. The molecule has 0 saturated heterocycles. The molecule has 9 heteroatoms. The Balaban J connectivity index is 1.66. The second kappa shape index (κ2) is 9.34. The fraction of sp³-hybridized carbons (Fsp3) is 0.217. The molecule has 164 valence electrons. The summed E-state index contributed by atoms with van der Waals surface area (Å²) in [5.41, 5.74) is 0.816. The Kier molecular flexibility index (Phi) is 6.16. The molecule has 0 bridgehead atoms. The second-order valence-corrected chi connectivity index (χ2v) is 7.18. The fourth-order valence-corrected chi connectivity index (χ4v) is 3.14. The number of nitrogens with one attached hydrogen (secondary N) is 2. The molecule has 0 spiro atoms. The Morgan fingerprint density at radius 1 is 1.22 bits per heavy atom. The van der Waals surface area contributed by atoms with Crippen LogP contribution in [0, 0.1) is 0 Å². The maximum atomic E-state index is 12.8. The van der Waals surface area contributed by atoms with Crippen molar-refractivity contribution in [1.29, 1.82) is 0 Å². The van der Waals surface area contributed by atoms with Gasteiger partial charge in [0.2, 0.25) is 5.95 Å². The summed E-state index contributed by atoms with van der Waals surface area (Å²) in [4.78, 5) is 32.2. The van der Waals surface area contributed by atoms with Gasteiger partial charge in [-0.05, 0) is 37.6 Å². The van der Waals surface area contributed by atoms with E-state index in [4.69, 9.17) is 9.15 Å². The number of H-pyrrole nitrogens is 1. The van der Waals surface area contributed by atoms with Gasteiger partial charge in [-0.2, -0.15) is 9.78 Å². The molecule has 0 aliphatic rings. The number of hydrogen-bond donors (Lipinski definition) is 2. The van der Waals surface area contributed by atoms with E-state index in [1.54, 1.807) is 37.3 Å². The first-order valence-corrected chi connectivity index (χ1v) is 10.3. The van der Waals surface area contributed by atoms with Gasteiger partial charge in [0.1, 0.15) is 17.3 Å². The Labute approximate surface area is 184 Å². The van der Waals surface area contributed by atoms with Gasteiger partial charge in [-0.25, -0.2) is 4.98 Å². The van der Waals surface area contributed by atoms with Gasteiger partial charge in [-0.3, -0.25) is 14.6 Å². The van der Waals surface area contributed by atoms with E-state index in [1.165, 1.54) is 17.0 Å². The minimum atomic E-state index is -0.772. The molecule has 3 heterocycles. The van der Waals surface area contributed by atoms with Gasteiger partial charge in [-0.1, -0.05) is 31.5 Å². The maximum Gasteiger partial charge on any atom is 0.266 e. The molecule has 0 fully saturated rings. The highest BCUT2D eigenvalue weighted by atomic mass is 16.5. The van der Waals surface area contributed by atoms with Gasteiger partial charge in [-0.15, -0.1) is 0 Å². The third-order valence-electron chi connectivity index (χ3n) is 4.65. The number of anilines is 1. The van der Waals surface area contributed by atoms with Crippen molar-refractivity contribution in [3.05, 3.63) is 76.9 Å². The first-order chi connectivity index (χ1) is 15.5. The highest BCUT2D eigenvalue weighted by Gasteiger charge is 2.21. The van der Waals surface area contributed by atoms with E-state index in [0.717, 1.165) is 6.42 Å². The SMILES string of the molecule is CCCc1cc(=O)[nH]c(-n2nc(-c3ccco3)cc2NC(=O)C(C)Oc2ccccc2)n1. The van der Waals surface area contributed by atoms with Crippen LogP contribution in [0.5, 0.6) is 5.75 Å². The third kappa shape index (κ3) is 4.77. The van der Waals surface area contributed by atoms with Crippen LogP contribution in [0.15, 0.2) is 70.1 Å². The van der Waals surface area contributed by atoms with Crippen LogP contribution in [0.4, 0.5) is 5.82 Å². The number of nitrogens with zero attached hydrogens (tertiary/aromatic N) is 3. The summed E-state index contributed by atoms with van der Waals surface area (Å²) in [5.74, 6) is 1.23. The molecule has 1 atom stereocenters. The molecule has 32 heavy (non-hydrogen) atoms. The van der Waals surface area contributed by atoms with Crippen molar-refractivity contribution in [3.8, 4) is 23.2 Å². The van der Waals surface area contributed by atoms with Gasteiger partial charge < -0.3 is 14.5 Å². The van der Waals surface area contributed by atoms with Crippen LogP contribution < -0.4 is 15.6 Å². The molecule has 0 aliphatic heterocycles. The first kappa shape index (κ1) is 21.1. The number of ether oxygens (including phenoxy) is 1. The standard InChI is InChI=1S/C23H23N5O4/c1-3-8-16-13-21(29)26-23(24-16)28-20(14-18(27-28)19-11-7-12-31-19)25-22(30)15(2)32-17-9-5-4-6-10-17/h4-7,9-15H,3,8H2,1-2H3,(H,25,30)(H,24,26,29). The average molecular weight is 433 g/mol. The summed E-state index contributed by atoms with van der Waals surface area (Å²) in [6.07, 6.45) is 2.24. The number of benzene rings is 1. The van der Waals surface area contributed by atoms with Crippen molar-refractivity contribution in [2.45, 2.75) is 32.8 Å². The normalized spacial score (nSPS) is 11.8. The van der Waals surface area contributed by atoms with E-state index >= 15 is 0 Å². The van der Waals surface area contributed by atoms with Crippen molar-refractivity contribution in [3.63, 3.8) is 0 Å². The molecule has 1 amide bonds. The van der Waals surface area contributed by atoms with E-state index in [1.807, 2.05) is 25.1 Å². The molecule has 9 nitrogen and oxygen atoms in total. The Hall–Kier alpha value is -4.14. The predicted molar refractivity (Wildman–Crippen MR) is 119 cm³/mol. The Morgan fingerprint density at radius 2 is 2.03 bits per heavy atom. The number of carbonyl (C=O) groups is 1. The molecular formula is C23H23N5O4. The molecular weight excluding hydrogens is 410 g/mol. The van der Waals surface area contributed by atoms with Crippen molar-refractivity contribution < 1.29 is 13.9 Å². The van der Waals surface area contributed by atoms with Crippen LogP contribution in [-0.2, 0) is 11.2 Å². The number of aromatic amines is 1. The monoisotopic (exact) mass is 433 g/mol. The highest BCUT2D eigenvalue weighted by molar-refractivity contribution is 5.94. The van der Waals surface area contributed by atoms with Gasteiger partial charge in [0.25, 0.3) is 11.5 Å². The number of aromatic nitrogens is 4. The van der Waals surface area contributed by atoms with Gasteiger partial charge in [0.15, 0.2) is 11.9 Å². The quantitative estimate of drug-likeness (QED) is 0.439. The third-order valence-corrected chi connectivity index (χ3v) is 4.65. The van der Waals surface area contributed by atoms with Crippen molar-refractivity contribution in [2.24, 2.45) is 0 Å². The number of amides is 1. The topological polar surface area (TPSA) is 115 Å². The fourth-order valence-electron chi connectivity index (χ4n) is 3.14. The Morgan fingerprint density at radius 3 is 2.75 bits per heavy atom. The first-order valence-electron chi connectivity index (χ1n) is 10.3. The van der Waals surface area contributed by atoms with Crippen molar-refractivity contribution in [1.82, 2.24) is 19.7 Å². The molecule has 0 radical (unpaired) electrons. The van der Waals surface area contributed by atoms with Gasteiger partial charge >= 0.3 is 0 Å². The minimum Gasteiger partial charge on any atom is -0.481 e. The summed E-state index contributed by atoms with van der Waals surface area (Å²) in [6.45, 7) is 3.66. The second-order valence-electron chi connectivity index (χ2n) is 7.18. The average Bonchev–Trinajstić information content (AvgIpc) is 3.44. The summed E-state index contributed by atoms with van der Waals surface area (Å²) >= 11 is 0. The number of furan rings is 1. The van der Waals surface area contributed by atoms with Crippen LogP contribution in [0.2, 0.25) is 0 Å². The van der Waals surface area contributed by atoms with E-state index in [0.29, 0.717) is 35.1 Å². The van der Waals surface area contributed by atoms with E-state index < -0.39 is 6.10 Å². The number of para-hydroxylation sites is 1. The zero-order valence-corrected chi connectivity index (χ0v) is 17.7. The van der Waals surface area contributed by atoms with Crippen LogP contribution in [0.3, 0.4) is 0 Å². The highest BCUT2D eigenvalue weighted by Crippen LogP contribution is 2.24. The summed E-state index contributed by atoms with van der Waals surface area (Å²) < 4.78 is 12.5. The molecule has 4 aromatic rings. The zero-order chi connectivity index (χ0) is 22.5. The van der Waals surface area contributed by atoms with E-state index in [-0.39, 0.29) is 17.4 Å². The summed E-state index contributed by atoms with van der Waals surface area (Å²) in [6, 6.07) is 15.7. The molecule has 1 unspecified atom stereocenters. The lowest BCUT2D eigenvalue weighted by Gasteiger charge is -2.15. The molecule has 4 rings (SSSR count). The number of rotatable bonds is 8. The summed E-state index contributed by atoms with van der Waals surface area (Å²) in [5, 5.41) is 7.31. The molecule has 2 N–H and O–H groups in total. The molecule has 0 saturated carbocycles. The lowest BCUT2D eigenvalue weighted by Crippen LogP contribution is -2.31. The van der Waals surface area contributed by atoms with Crippen LogP contribution in [0.25, 0.3) is 17.4 Å². The largest absolute Gasteiger partial charge is 0.481 e. The molecule has 1 aromatic carbocycles. The zero-order valence-electron chi connectivity index (χ0n) is 17.7. The van der Waals surface area contributed by atoms with Crippen molar-refractivity contribution >= 4 is 11.7 Å². The Bertz CT molecular complexity index is 1250. The van der Waals surface area contributed by atoms with Crippen molar-refractivity contribution in [2.75, 3.05) is 5.32 Å². The number of aryl methyl sites for hydroxylation is 1. The number of carbonyl (C=O) groups excluding carboxylic acids is 1. The van der Waals surface area contributed by atoms with Crippen LogP contribution in [0.1, 0.15) is 26.0 Å².